The van der Waals surface area contributed by atoms with Crippen LogP contribution >= 0.6 is 34.3 Å². The maximum absolute atomic E-state index is 14.2. The summed E-state index contributed by atoms with van der Waals surface area (Å²) in [6.45, 7) is 5.60. The van der Waals surface area contributed by atoms with Gasteiger partial charge in [0.2, 0.25) is 5.91 Å². The van der Waals surface area contributed by atoms with Crippen molar-refractivity contribution in [3.8, 4) is 0 Å². The minimum atomic E-state index is -3.85. The Balaban J connectivity index is 1.53. The number of rotatable bonds is 7. The van der Waals surface area contributed by atoms with Crippen molar-refractivity contribution in [2.45, 2.75) is 68.2 Å². The van der Waals surface area contributed by atoms with Gasteiger partial charge in [-0.25, -0.2) is 13.4 Å². The largest absolute Gasteiger partial charge is 0.376 e. The van der Waals surface area contributed by atoms with Gasteiger partial charge in [-0.15, -0.1) is 11.3 Å². The van der Waals surface area contributed by atoms with E-state index in [1.54, 1.807) is 11.0 Å². The van der Waals surface area contributed by atoms with Crippen LogP contribution in [0.15, 0.2) is 34.5 Å². The fraction of sp³-hybridized carbons (Fsp3) is 0.520. The van der Waals surface area contributed by atoms with Gasteiger partial charge in [0.05, 0.1) is 27.2 Å². The van der Waals surface area contributed by atoms with Gasteiger partial charge in [-0.3, -0.25) is 9.69 Å². The lowest BCUT2D eigenvalue weighted by Gasteiger charge is -2.36. The standard InChI is InChI=1S/C25H30ClN3O4S3/c1-16(2)18-8-5-10-20-23(18)27-25(34-20)28(15-17-7-6-14-33-17)24(30)19-9-3-4-13-29(19)36(31,32)22-12-11-21(26)35-22/h5,8,10-12,16-17,19H,3-4,6-7,9,13-15H2,1-2H3. The highest BCUT2D eigenvalue weighted by atomic mass is 35.5. The molecule has 0 bridgehead atoms. The predicted octanol–water partition coefficient (Wildman–Crippen LogP) is 5.89. The van der Waals surface area contributed by atoms with Gasteiger partial charge < -0.3 is 4.74 Å². The first-order valence-electron chi connectivity index (χ1n) is 12.4. The molecule has 2 saturated heterocycles. The molecular weight excluding hydrogens is 538 g/mol. The van der Waals surface area contributed by atoms with Crippen molar-refractivity contribution >= 4 is 65.6 Å². The molecule has 2 aliphatic heterocycles. The second kappa shape index (κ2) is 10.7. The SMILES string of the molecule is CC(C)c1cccc2sc(N(CC3CCCO3)C(=O)C3CCCCN3S(=O)(=O)c3ccc(Cl)s3)nc12. The molecule has 194 valence electrons. The van der Waals surface area contributed by atoms with E-state index >= 15 is 0 Å². The third-order valence-electron chi connectivity index (χ3n) is 6.82. The van der Waals surface area contributed by atoms with Crippen molar-refractivity contribution < 1.29 is 17.9 Å². The number of sulfonamides is 1. The van der Waals surface area contributed by atoms with E-state index < -0.39 is 16.1 Å². The summed E-state index contributed by atoms with van der Waals surface area (Å²) in [7, 11) is -3.85. The number of piperidine rings is 1. The van der Waals surface area contributed by atoms with Gasteiger partial charge in [-0.2, -0.15) is 4.31 Å². The van der Waals surface area contributed by atoms with Gasteiger partial charge in [0, 0.05) is 13.2 Å². The van der Waals surface area contributed by atoms with Crippen molar-refractivity contribution in [3.63, 3.8) is 0 Å². The smallest absolute Gasteiger partial charge is 0.253 e. The molecule has 11 heteroatoms. The van der Waals surface area contributed by atoms with Crippen molar-refractivity contribution in [2.24, 2.45) is 0 Å². The Morgan fingerprint density at radius 3 is 2.72 bits per heavy atom. The zero-order valence-electron chi connectivity index (χ0n) is 20.4. The van der Waals surface area contributed by atoms with Gasteiger partial charge in [-0.05, 0) is 55.4 Å². The van der Waals surface area contributed by atoms with E-state index in [4.69, 9.17) is 21.3 Å². The van der Waals surface area contributed by atoms with E-state index in [0.29, 0.717) is 47.9 Å². The number of halogens is 1. The molecule has 0 aliphatic carbocycles. The number of carbonyl (C=O) groups is 1. The Bertz CT molecular complexity index is 1350. The number of ether oxygens (including phenoxy) is 1. The topological polar surface area (TPSA) is 79.8 Å². The molecule has 2 aromatic heterocycles. The molecule has 0 radical (unpaired) electrons. The number of thiophene rings is 1. The average molecular weight is 568 g/mol. The molecule has 2 fully saturated rings. The van der Waals surface area contributed by atoms with Crippen LogP contribution in [0.1, 0.15) is 57.4 Å². The summed E-state index contributed by atoms with van der Waals surface area (Å²) in [5, 5.41) is 0.598. The van der Waals surface area contributed by atoms with Crippen LogP contribution < -0.4 is 4.90 Å². The van der Waals surface area contributed by atoms with Gasteiger partial charge in [0.15, 0.2) is 5.13 Å². The molecule has 3 aromatic rings. The second-order valence-electron chi connectivity index (χ2n) is 9.61. The van der Waals surface area contributed by atoms with Crippen LogP contribution in [0.2, 0.25) is 4.34 Å². The number of fused-ring (bicyclic) bond motifs is 1. The highest BCUT2D eigenvalue weighted by Crippen LogP contribution is 2.37. The summed E-state index contributed by atoms with van der Waals surface area (Å²) in [6.07, 6.45) is 3.71. The van der Waals surface area contributed by atoms with Crippen LogP contribution in [0, 0.1) is 0 Å². The minimum Gasteiger partial charge on any atom is -0.376 e. The summed E-state index contributed by atoms with van der Waals surface area (Å²) in [5.74, 6) is 0.0594. The van der Waals surface area contributed by atoms with Gasteiger partial charge in [0.1, 0.15) is 10.3 Å². The predicted molar refractivity (Wildman–Crippen MR) is 146 cm³/mol. The van der Waals surface area contributed by atoms with E-state index in [2.05, 4.69) is 19.9 Å². The Morgan fingerprint density at radius 1 is 1.19 bits per heavy atom. The van der Waals surface area contributed by atoms with Crippen LogP contribution in [0.4, 0.5) is 5.13 Å². The Hall–Kier alpha value is -1.56. The number of aromatic nitrogens is 1. The first-order valence-corrected chi connectivity index (χ1v) is 15.8. The van der Waals surface area contributed by atoms with Crippen LogP contribution in [-0.4, -0.2) is 55.5 Å². The molecule has 2 atom stereocenters. The normalized spacial score (nSPS) is 21.4. The molecule has 0 spiro atoms. The highest BCUT2D eigenvalue weighted by molar-refractivity contribution is 7.91. The molecular formula is C25H30ClN3O4S3. The van der Waals surface area contributed by atoms with Gasteiger partial charge in [0.25, 0.3) is 10.0 Å². The second-order valence-corrected chi connectivity index (χ2v) is 14.5. The summed E-state index contributed by atoms with van der Waals surface area (Å²) >= 11 is 8.54. The number of benzene rings is 1. The summed E-state index contributed by atoms with van der Waals surface area (Å²) in [4.78, 5) is 20.8. The highest BCUT2D eigenvalue weighted by Gasteiger charge is 2.41. The lowest BCUT2D eigenvalue weighted by Crippen LogP contribution is -2.54. The number of thiazole rings is 1. The van der Waals surface area contributed by atoms with E-state index in [1.807, 2.05) is 12.1 Å². The lowest BCUT2D eigenvalue weighted by molar-refractivity contribution is -0.123. The van der Waals surface area contributed by atoms with Gasteiger partial charge in [-0.1, -0.05) is 55.3 Å². The Kier molecular flexibility index (Phi) is 7.72. The van der Waals surface area contributed by atoms with E-state index in [-0.39, 0.29) is 16.2 Å². The Labute approximate surface area is 225 Å². The van der Waals surface area contributed by atoms with Crippen LogP contribution in [0.25, 0.3) is 10.2 Å². The summed E-state index contributed by atoms with van der Waals surface area (Å²) < 4.78 is 35.9. The van der Waals surface area contributed by atoms with Crippen LogP contribution in [0.3, 0.4) is 0 Å². The van der Waals surface area contributed by atoms with Crippen molar-refractivity contribution in [2.75, 3.05) is 24.6 Å². The van der Waals surface area contributed by atoms with Crippen molar-refractivity contribution in [3.05, 3.63) is 40.2 Å². The number of para-hydroxylation sites is 1. The molecule has 1 amide bonds. The van der Waals surface area contributed by atoms with Crippen LogP contribution in [0.5, 0.6) is 0 Å². The van der Waals surface area contributed by atoms with E-state index in [9.17, 15) is 13.2 Å². The van der Waals surface area contributed by atoms with E-state index in [1.165, 1.54) is 21.7 Å². The van der Waals surface area contributed by atoms with Crippen molar-refractivity contribution in [1.82, 2.24) is 9.29 Å². The van der Waals surface area contributed by atoms with Crippen LogP contribution in [-0.2, 0) is 19.6 Å². The zero-order valence-corrected chi connectivity index (χ0v) is 23.6. The maximum atomic E-state index is 14.2. The lowest BCUT2D eigenvalue weighted by atomic mass is 10.0. The minimum absolute atomic E-state index is 0.0877. The third-order valence-corrected chi connectivity index (χ3v) is 11.5. The molecule has 7 nitrogen and oxygen atoms in total. The quantitative estimate of drug-likeness (QED) is 0.355. The zero-order chi connectivity index (χ0) is 25.4. The third kappa shape index (κ3) is 5.08. The molecule has 36 heavy (non-hydrogen) atoms. The number of nitrogens with zero attached hydrogens (tertiary/aromatic N) is 3. The number of hydrogen-bond acceptors (Lipinski definition) is 7. The van der Waals surface area contributed by atoms with Crippen molar-refractivity contribution in [1.29, 1.82) is 0 Å². The first kappa shape index (κ1) is 26.1. The molecule has 1 aromatic carbocycles. The molecule has 5 rings (SSSR count). The number of carbonyl (C=O) groups excluding carboxylic acids is 1. The molecule has 4 heterocycles. The molecule has 2 aliphatic rings. The summed E-state index contributed by atoms with van der Waals surface area (Å²) in [6, 6.07) is 8.43. The average Bonchev–Trinajstić information content (AvgIpc) is 3.62. The Morgan fingerprint density at radius 2 is 2.03 bits per heavy atom. The van der Waals surface area contributed by atoms with E-state index in [0.717, 1.165) is 46.4 Å². The molecule has 0 N–H and O–H groups in total. The number of hydrogen-bond donors (Lipinski definition) is 0. The fourth-order valence-electron chi connectivity index (χ4n) is 4.97. The van der Waals surface area contributed by atoms with Gasteiger partial charge >= 0.3 is 0 Å². The first-order chi connectivity index (χ1) is 17.3. The monoisotopic (exact) mass is 567 g/mol. The molecule has 2 unspecified atom stereocenters. The summed E-state index contributed by atoms with van der Waals surface area (Å²) in [5.41, 5.74) is 2.04. The number of anilines is 1. The fourth-order valence-corrected chi connectivity index (χ4v) is 9.24. The molecule has 0 saturated carbocycles. The number of amides is 1. The maximum Gasteiger partial charge on any atom is 0.253 e.